The summed E-state index contributed by atoms with van der Waals surface area (Å²) < 4.78 is 21.7. The first kappa shape index (κ1) is 8.44. The largest absolute Gasteiger partial charge is 0.368 e. The van der Waals surface area contributed by atoms with E-state index in [9.17, 15) is 0 Å². The maximum atomic E-state index is 5.47. The van der Waals surface area contributed by atoms with Gasteiger partial charge in [-0.05, 0) is 13.8 Å². The topological polar surface area (TPSA) is 36.9 Å². The van der Waals surface area contributed by atoms with E-state index in [1.165, 1.54) is 0 Å². The highest BCUT2D eigenvalue weighted by molar-refractivity contribution is 4.72. The van der Waals surface area contributed by atoms with Crippen LogP contribution < -0.4 is 0 Å². The fourth-order valence-electron chi connectivity index (χ4n) is 1.35. The minimum absolute atomic E-state index is 0.0991. The maximum absolute atomic E-state index is 5.47. The summed E-state index contributed by atoms with van der Waals surface area (Å²) in [5.41, 5.74) is 0. The molecule has 0 aromatic carbocycles. The Kier molecular flexibility index (Phi) is 2.08. The molecule has 0 aromatic rings. The third-order valence-electron chi connectivity index (χ3n) is 2.00. The van der Waals surface area contributed by atoms with E-state index in [-0.39, 0.29) is 12.2 Å². The van der Waals surface area contributed by atoms with E-state index in [1.807, 2.05) is 13.8 Å². The fraction of sp³-hybridized carbons (Fsp3) is 1.00. The van der Waals surface area contributed by atoms with Crippen LogP contribution in [-0.4, -0.2) is 38.0 Å². The normalized spacial score (nSPS) is 48.5. The van der Waals surface area contributed by atoms with E-state index < -0.39 is 5.97 Å². The second-order valence-electron chi connectivity index (χ2n) is 3.36. The van der Waals surface area contributed by atoms with Crippen molar-refractivity contribution in [2.24, 2.45) is 0 Å². The standard InChI is InChI=1S/C8H14O4/c1-6-3-10-8(5-9-6)11-4-7(2)12-8/h6-7H,3-5H2,1-2H3. The predicted octanol–water partition coefficient (Wildman–Crippen LogP) is 0.511. The van der Waals surface area contributed by atoms with Crippen molar-refractivity contribution in [1.82, 2.24) is 0 Å². The molecule has 2 rings (SSSR count). The van der Waals surface area contributed by atoms with Gasteiger partial charge in [0.1, 0.15) is 6.61 Å². The summed E-state index contributed by atoms with van der Waals surface area (Å²) in [6.45, 7) is 5.41. The molecule has 2 heterocycles. The molecular formula is C8H14O4. The number of ether oxygens (including phenoxy) is 4. The lowest BCUT2D eigenvalue weighted by atomic mass is 10.4. The van der Waals surface area contributed by atoms with Crippen LogP contribution in [0, 0.1) is 0 Å². The first-order valence-corrected chi connectivity index (χ1v) is 4.27. The van der Waals surface area contributed by atoms with Crippen LogP contribution in [0.25, 0.3) is 0 Å². The van der Waals surface area contributed by atoms with Crippen molar-refractivity contribution in [3.63, 3.8) is 0 Å². The molecule has 4 nitrogen and oxygen atoms in total. The van der Waals surface area contributed by atoms with Crippen molar-refractivity contribution in [2.45, 2.75) is 32.0 Å². The molecule has 2 saturated heterocycles. The van der Waals surface area contributed by atoms with Crippen molar-refractivity contribution >= 4 is 0 Å². The number of rotatable bonds is 0. The summed E-state index contributed by atoms with van der Waals surface area (Å²) in [6, 6.07) is 0. The highest BCUT2D eigenvalue weighted by Gasteiger charge is 2.44. The minimum atomic E-state index is -0.897. The molecule has 0 saturated carbocycles. The molecule has 2 aliphatic heterocycles. The van der Waals surface area contributed by atoms with Gasteiger partial charge in [0.15, 0.2) is 0 Å². The number of hydrogen-bond donors (Lipinski definition) is 0. The molecule has 3 atom stereocenters. The van der Waals surface area contributed by atoms with Crippen molar-refractivity contribution in [3.05, 3.63) is 0 Å². The molecule has 0 bridgehead atoms. The Morgan fingerprint density at radius 1 is 1.08 bits per heavy atom. The third-order valence-corrected chi connectivity index (χ3v) is 2.00. The second kappa shape index (κ2) is 2.96. The zero-order valence-corrected chi connectivity index (χ0v) is 7.41. The summed E-state index contributed by atoms with van der Waals surface area (Å²) in [7, 11) is 0. The molecule has 0 radical (unpaired) electrons. The number of hydrogen-bond acceptors (Lipinski definition) is 4. The van der Waals surface area contributed by atoms with E-state index >= 15 is 0 Å². The van der Waals surface area contributed by atoms with Crippen LogP contribution in [0.4, 0.5) is 0 Å². The average Bonchev–Trinajstić information content (AvgIpc) is 2.40. The Morgan fingerprint density at radius 3 is 2.25 bits per heavy atom. The summed E-state index contributed by atoms with van der Waals surface area (Å²) in [5, 5.41) is 0. The highest BCUT2D eigenvalue weighted by atomic mass is 16.9. The third kappa shape index (κ3) is 1.47. The van der Waals surface area contributed by atoms with Gasteiger partial charge >= 0.3 is 5.97 Å². The quantitative estimate of drug-likeness (QED) is 0.536. The summed E-state index contributed by atoms with van der Waals surface area (Å²) >= 11 is 0. The molecule has 2 aliphatic rings. The van der Waals surface area contributed by atoms with Crippen molar-refractivity contribution in [3.8, 4) is 0 Å². The highest BCUT2D eigenvalue weighted by Crippen LogP contribution is 2.28. The average molecular weight is 174 g/mol. The van der Waals surface area contributed by atoms with Gasteiger partial charge in [0.05, 0.1) is 25.4 Å². The van der Waals surface area contributed by atoms with Crippen LogP contribution in [0.1, 0.15) is 13.8 Å². The lowest BCUT2D eigenvalue weighted by Crippen LogP contribution is -2.47. The van der Waals surface area contributed by atoms with Crippen LogP contribution in [0.5, 0.6) is 0 Å². The molecule has 1 spiro atoms. The van der Waals surface area contributed by atoms with Gasteiger partial charge in [-0.2, -0.15) is 0 Å². The van der Waals surface area contributed by atoms with Crippen molar-refractivity contribution in [1.29, 1.82) is 0 Å². The summed E-state index contributed by atoms with van der Waals surface area (Å²) in [4.78, 5) is 0. The van der Waals surface area contributed by atoms with Gasteiger partial charge in [-0.15, -0.1) is 0 Å². The van der Waals surface area contributed by atoms with E-state index in [1.54, 1.807) is 0 Å². The molecule has 0 aromatic heterocycles. The Balaban J connectivity index is 1.95. The first-order chi connectivity index (χ1) is 5.70. The van der Waals surface area contributed by atoms with Crippen LogP contribution in [0.3, 0.4) is 0 Å². The van der Waals surface area contributed by atoms with Gasteiger partial charge in [-0.25, -0.2) is 0 Å². The van der Waals surface area contributed by atoms with Gasteiger partial charge in [-0.3, -0.25) is 0 Å². The molecule has 3 unspecified atom stereocenters. The molecule has 4 heteroatoms. The molecule has 2 fully saturated rings. The Hall–Kier alpha value is -0.160. The minimum Gasteiger partial charge on any atom is -0.368 e. The van der Waals surface area contributed by atoms with Crippen LogP contribution in [0.15, 0.2) is 0 Å². The smallest absolute Gasteiger partial charge is 0.308 e. The van der Waals surface area contributed by atoms with E-state index in [0.29, 0.717) is 19.8 Å². The second-order valence-corrected chi connectivity index (χ2v) is 3.36. The summed E-state index contributed by atoms with van der Waals surface area (Å²) in [5.74, 6) is -0.897. The van der Waals surface area contributed by atoms with Gasteiger partial charge in [0.2, 0.25) is 0 Å². The van der Waals surface area contributed by atoms with Gasteiger partial charge < -0.3 is 18.9 Å². The van der Waals surface area contributed by atoms with Crippen LogP contribution >= 0.6 is 0 Å². The Bertz CT molecular complexity index is 162. The molecule has 12 heavy (non-hydrogen) atoms. The zero-order chi connectivity index (χ0) is 8.60. The van der Waals surface area contributed by atoms with E-state index in [4.69, 9.17) is 18.9 Å². The van der Waals surface area contributed by atoms with Crippen LogP contribution in [0.2, 0.25) is 0 Å². The van der Waals surface area contributed by atoms with E-state index in [2.05, 4.69) is 0 Å². The lowest BCUT2D eigenvalue weighted by Gasteiger charge is -2.33. The molecular weight excluding hydrogens is 160 g/mol. The SMILES string of the molecule is CC1COC2(CO1)OCC(C)O2. The monoisotopic (exact) mass is 174 g/mol. The first-order valence-electron chi connectivity index (χ1n) is 4.27. The zero-order valence-electron chi connectivity index (χ0n) is 7.41. The van der Waals surface area contributed by atoms with Gasteiger partial charge in [-0.1, -0.05) is 0 Å². The Labute approximate surface area is 71.7 Å². The maximum Gasteiger partial charge on any atom is 0.308 e. The van der Waals surface area contributed by atoms with Crippen molar-refractivity contribution in [2.75, 3.05) is 19.8 Å². The van der Waals surface area contributed by atoms with Gasteiger partial charge in [0.25, 0.3) is 0 Å². The summed E-state index contributed by atoms with van der Waals surface area (Å²) in [6.07, 6.45) is 0.237. The van der Waals surface area contributed by atoms with Crippen LogP contribution in [-0.2, 0) is 18.9 Å². The molecule has 0 amide bonds. The molecule has 70 valence electrons. The fourth-order valence-corrected chi connectivity index (χ4v) is 1.35. The predicted molar refractivity (Wildman–Crippen MR) is 40.6 cm³/mol. The lowest BCUT2D eigenvalue weighted by molar-refractivity contribution is -0.386. The Morgan fingerprint density at radius 2 is 1.75 bits per heavy atom. The van der Waals surface area contributed by atoms with Gasteiger partial charge in [0, 0.05) is 0 Å². The van der Waals surface area contributed by atoms with E-state index in [0.717, 1.165) is 0 Å². The molecule has 0 aliphatic carbocycles. The van der Waals surface area contributed by atoms with Crippen molar-refractivity contribution < 1.29 is 18.9 Å². The molecule has 0 N–H and O–H groups in total.